The van der Waals surface area contributed by atoms with Crippen molar-refractivity contribution >= 4 is 0 Å². The van der Waals surface area contributed by atoms with Gasteiger partial charge in [-0.15, -0.1) is 0 Å². The molecule has 2 rings (SSSR count). The van der Waals surface area contributed by atoms with Crippen LogP contribution in [0.25, 0.3) is 0 Å². The fourth-order valence-electron chi connectivity index (χ4n) is 3.58. The van der Waals surface area contributed by atoms with Crippen LogP contribution in [0.2, 0.25) is 0 Å². The van der Waals surface area contributed by atoms with Crippen LogP contribution in [0.1, 0.15) is 40.0 Å². The van der Waals surface area contributed by atoms with Crippen LogP contribution in [0, 0.1) is 17.8 Å². The van der Waals surface area contributed by atoms with Gasteiger partial charge in [-0.3, -0.25) is 0 Å². The maximum absolute atomic E-state index is 5.46. The first-order valence-corrected chi connectivity index (χ1v) is 6.81. The van der Waals surface area contributed by atoms with E-state index in [0.717, 1.165) is 18.7 Å². The van der Waals surface area contributed by atoms with Gasteiger partial charge in [-0.2, -0.15) is 0 Å². The van der Waals surface area contributed by atoms with E-state index < -0.39 is 0 Å². The molecule has 1 N–H and O–H groups in total. The monoisotopic (exact) mass is 252 g/mol. The van der Waals surface area contributed by atoms with Gasteiger partial charge in [0.2, 0.25) is 6.29 Å². The summed E-state index contributed by atoms with van der Waals surface area (Å²) in [5, 5.41) is 3.56. The smallest absolute Gasteiger partial charge is 0.212 e. The van der Waals surface area contributed by atoms with Crippen LogP contribution in [-0.4, -0.2) is 25.5 Å². The summed E-state index contributed by atoms with van der Waals surface area (Å²) in [7, 11) is 0. The molecule has 18 heavy (non-hydrogen) atoms. The maximum atomic E-state index is 5.46. The fourth-order valence-corrected chi connectivity index (χ4v) is 3.58. The minimum atomic E-state index is -0.168. The Morgan fingerprint density at radius 3 is 2.61 bits per heavy atom. The van der Waals surface area contributed by atoms with Crippen LogP contribution in [0.4, 0.5) is 0 Å². The van der Waals surface area contributed by atoms with Gasteiger partial charge in [0.05, 0.1) is 6.54 Å². The van der Waals surface area contributed by atoms with Gasteiger partial charge < -0.3 is 14.8 Å². The predicted molar refractivity (Wildman–Crippen MR) is 72.9 cm³/mol. The first-order chi connectivity index (χ1) is 8.26. The zero-order valence-electron chi connectivity index (χ0n) is 11.9. The first-order valence-electron chi connectivity index (χ1n) is 6.81. The van der Waals surface area contributed by atoms with Crippen LogP contribution < -0.4 is 5.32 Å². The van der Waals surface area contributed by atoms with E-state index in [1.165, 1.54) is 12.8 Å². The number of hydrogen-bond acceptors (Lipinski definition) is 3. The number of hydrogen-bond donors (Lipinski definition) is 1. The van der Waals surface area contributed by atoms with Crippen molar-refractivity contribution in [3.63, 3.8) is 0 Å². The van der Waals surface area contributed by atoms with Crippen LogP contribution in [0.15, 0.2) is 12.3 Å². The summed E-state index contributed by atoms with van der Waals surface area (Å²) in [6, 6.07) is 0.498. The highest BCUT2D eigenvalue weighted by atomic mass is 16.7. The van der Waals surface area contributed by atoms with Crippen LogP contribution >= 0.6 is 0 Å². The SMILES string of the molecule is [CH2]C1(C)CC(NCC2OCC(=C)O2)CC(C)(C)C1. The molecule has 3 nitrogen and oxygen atoms in total. The Morgan fingerprint density at radius 2 is 2.06 bits per heavy atom. The normalized spacial score (nSPS) is 31.3. The molecule has 3 heteroatoms. The number of ether oxygens (including phenoxy) is 2. The van der Waals surface area contributed by atoms with Gasteiger partial charge in [0, 0.05) is 6.04 Å². The van der Waals surface area contributed by atoms with Crippen molar-refractivity contribution < 1.29 is 9.47 Å². The molecule has 0 amide bonds. The second-order valence-electron chi connectivity index (χ2n) is 7.06. The lowest BCUT2D eigenvalue weighted by Crippen LogP contribution is -2.46. The van der Waals surface area contributed by atoms with Gasteiger partial charge in [-0.05, 0) is 37.0 Å². The summed E-state index contributed by atoms with van der Waals surface area (Å²) >= 11 is 0. The van der Waals surface area contributed by atoms with E-state index in [4.69, 9.17) is 9.47 Å². The zero-order chi connectivity index (χ0) is 13.4. The van der Waals surface area contributed by atoms with E-state index in [9.17, 15) is 0 Å². The van der Waals surface area contributed by atoms with Gasteiger partial charge in [0.15, 0.2) is 0 Å². The topological polar surface area (TPSA) is 30.5 Å². The van der Waals surface area contributed by atoms with Crippen LogP contribution in [0.5, 0.6) is 0 Å². The summed E-state index contributed by atoms with van der Waals surface area (Å²) in [6.07, 6.45) is 3.32. The van der Waals surface area contributed by atoms with Gasteiger partial charge in [0.1, 0.15) is 12.4 Å². The maximum Gasteiger partial charge on any atom is 0.212 e. The standard InChI is InChI=1S/C15H26NO2/c1-11-9-17-13(18-11)8-16-12-6-14(2,3)10-15(4,5)7-12/h12-13,16H,1-2,6-10H2,3-5H3. The van der Waals surface area contributed by atoms with Crippen molar-refractivity contribution in [3.05, 3.63) is 19.3 Å². The Hall–Kier alpha value is -0.540. The van der Waals surface area contributed by atoms with Gasteiger partial charge in [-0.25, -0.2) is 0 Å². The molecule has 0 bridgehead atoms. The van der Waals surface area contributed by atoms with Crippen molar-refractivity contribution in [1.82, 2.24) is 5.32 Å². The molecule has 3 unspecified atom stereocenters. The Morgan fingerprint density at radius 1 is 1.33 bits per heavy atom. The Labute approximate surface area is 111 Å². The summed E-state index contributed by atoms with van der Waals surface area (Å²) in [5.41, 5.74) is 0.522. The second kappa shape index (κ2) is 4.86. The number of rotatable bonds is 3. The van der Waals surface area contributed by atoms with E-state index in [1.54, 1.807) is 0 Å². The van der Waals surface area contributed by atoms with Crippen molar-refractivity contribution in [1.29, 1.82) is 0 Å². The molecule has 1 aliphatic carbocycles. The highest BCUT2D eigenvalue weighted by Crippen LogP contribution is 2.45. The third-order valence-electron chi connectivity index (χ3n) is 3.75. The average molecular weight is 252 g/mol. The lowest BCUT2D eigenvalue weighted by Gasteiger charge is -2.45. The van der Waals surface area contributed by atoms with E-state index in [1.807, 2.05) is 0 Å². The molecule has 0 aromatic rings. The summed E-state index contributed by atoms with van der Waals surface area (Å²) in [5.74, 6) is 0.729. The molecule has 2 aliphatic rings. The van der Waals surface area contributed by atoms with E-state index in [0.29, 0.717) is 18.1 Å². The van der Waals surface area contributed by atoms with Crippen molar-refractivity contribution in [2.45, 2.75) is 52.4 Å². The Bertz CT molecular complexity index is 306. The minimum Gasteiger partial charge on any atom is -0.466 e. The van der Waals surface area contributed by atoms with Crippen LogP contribution in [-0.2, 0) is 9.47 Å². The molecule has 1 saturated carbocycles. The molecular weight excluding hydrogens is 226 g/mol. The van der Waals surface area contributed by atoms with E-state index in [-0.39, 0.29) is 11.7 Å². The summed E-state index contributed by atoms with van der Waals surface area (Å²) in [4.78, 5) is 0. The minimum absolute atomic E-state index is 0.167. The molecule has 2 fully saturated rings. The molecule has 0 aromatic heterocycles. The molecule has 103 valence electrons. The lowest BCUT2D eigenvalue weighted by molar-refractivity contribution is -0.0345. The van der Waals surface area contributed by atoms with Gasteiger partial charge in [0.25, 0.3) is 0 Å². The molecule has 1 heterocycles. The average Bonchev–Trinajstić information content (AvgIpc) is 2.56. The lowest BCUT2D eigenvalue weighted by atomic mass is 9.63. The van der Waals surface area contributed by atoms with E-state index >= 15 is 0 Å². The molecular formula is C15H26NO2. The summed E-state index contributed by atoms with van der Waals surface area (Å²) < 4.78 is 10.9. The summed E-state index contributed by atoms with van der Waals surface area (Å²) in [6.45, 7) is 16.3. The zero-order valence-corrected chi connectivity index (χ0v) is 11.9. The molecule has 0 aromatic carbocycles. The predicted octanol–water partition coefficient (Wildman–Crippen LogP) is 2.88. The van der Waals surface area contributed by atoms with E-state index in [2.05, 4.69) is 39.6 Å². The second-order valence-corrected chi connectivity index (χ2v) is 7.06. The third-order valence-corrected chi connectivity index (χ3v) is 3.75. The van der Waals surface area contributed by atoms with Crippen molar-refractivity contribution in [2.24, 2.45) is 10.8 Å². The molecule has 1 saturated heterocycles. The Balaban J connectivity index is 1.83. The quantitative estimate of drug-likeness (QED) is 0.838. The molecule has 1 aliphatic heterocycles. The number of nitrogens with one attached hydrogen (secondary N) is 1. The van der Waals surface area contributed by atoms with Crippen molar-refractivity contribution in [2.75, 3.05) is 13.2 Å². The Kier molecular flexibility index (Phi) is 3.75. The highest BCUT2D eigenvalue weighted by Gasteiger charge is 2.38. The van der Waals surface area contributed by atoms with Gasteiger partial charge in [-0.1, -0.05) is 27.4 Å². The highest BCUT2D eigenvalue weighted by molar-refractivity contribution is 4.96. The molecule has 3 atom stereocenters. The third kappa shape index (κ3) is 3.72. The van der Waals surface area contributed by atoms with Crippen LogP contribution in [0.3, 0.4) is 0 Å². The largest absolute Gasteiger partial charge is 0.466 e. The molecule has 0 spiro atoms. The molecule has 1 radical (unpaired) electrons. The fraction of sp³-hybridized carbons (Fsp3) is 0.800. The van der Waals surface area contributed by atoms with Gasteiger partial charge >= 0.3 is 0 Å². The first kappa shape index (κ1) is 13.9. The van der Waals surface area contributed by atoms with Crippen molar-refractivity contribution in [3.8, 4) is 0 Å².